The van der Waals surface area contributed by atoms with Crippen LogP contribution >= 0.6 is 0 Å². The highest BCUT2D eigenvalue weighted by Crippen LogP contribution is 2.33. The fourth-order valence-corrected chi connectivity index (χ4v) is 3.49. The predicted molar refractivity (Wildman–Crippen MR) is 89.2 cm³/mol. The van der Waals surface area contributed by atoms with Crippen LogP contribution in [0.15, 0.2) is 12.2 Å². The highest BCUT2D eigenvalue weighted by molar-refractivity contribution is 5.68. The van der Waals surface area contributed by atoms with E-state index >= 15 is 0 Å². The third-order valence-corrected chi connectivity index (χ3v) is 4.80. The Labute approximate surface area is 131 Å². The Hall–Kier alpha value is -0.790. The summed E-state index contributed by atoms with van der Waals surface area (Å²) in [5.41, 5.74) is 0. The number of esters is 1. The first-order chi connectivity index (χ1) is 10.3. The molecule has 0 bridgehead atoms. The lowest BCUT2D eigenvalue weighted by Crippen LogP contribution is -2.16. The van der Waals surface area contributed by atoms with Gasteiger partial charge in [0.2, 0.25) is 0 Å². The molecule has 1 rings (SSSR count). The van der Waals surface area contributed by atoms with Gasteiger partial charge < -0.3 is 4.74 Å². The largest absolute Gasteiger partial charge is 0.469 e. The molecule has 2 unspecified atom stereocenters. The van der Waals surface area contributed by atoms with Crippen LogP contribution in [0.3, 0.4) is 0 Å². The lowest BCUT2D eigenvalue weighted by Gasteiger charge is -2.28. The van der Waals surface area contributed by atoms with Crippen LogP contribution in [0.1, 0.15) is 84.0 Å². The number of hydrogen-bond acceptors (Lipinski definition) is 2. The molecule has 0 radical (unpaired) electrons. The van der Waals surface area contributed by atoms with E-state index in [0.717, 1.165) is 18.3 Å². The summed E-state index contributed by atoms with van der Waals surface area (Å²) < 4.78 is 4.65. The number of hydrogen-bond donors (Lipinski definition) is 0. The van der Waals surface area contributed by atoms with Crippen molar-refractivity contribution in [1.82, 2.24) is 0 Å². The Morgan fingerprint density at radius 1 is 0.952 bits per heavy atom. The van der Waals surface area contributed by atoms with Gasteiger partial charge in [-0.2, -0.15) is 0 Å². The average Bonchev–Trinajstić information content (AvgIpc) is 2.51. The molecular formula is C19H34O2. The number of ether oxygens (including phenoxy) is 1. The van der Waals surface area contributed by atoms with Crippen LogP contribution in [0.5, 0.6) is 0 Å². The van der Waals surface area contributed by atoms with Gasteiger partial charge in [0.1, 0.15) is 0 Å². The maximum Gasteiger partial charge on any atom is 0.305 e. The summed E-state index contributed by atoms with van der Waals surface area (Å²) in [7, 11) is 1.47. The molecule has 0 aromatic rings. The summed E-state index contributed by atoms with van der Waals surface area (Å²) in [5.74, 6) is 1.82. The van der Waals surface area contributed by atoms with Crippen molar-refractivity contribution in [1.29, 1.82) is 0 Å². The minimum Gasteiger partial charge on any atom is -0.469 e. The molecule has 0 saturated heterocycles. The van der Waals surface area contributed by atoms with Crippen molar-refractivity contribution in [2.24, 2.45) is 11.8 Å². The molecule has 0 spiro atoms. The van der Waals surface area contributed by atoms with E-state index < -0.39 is 0 Å². The van der Waals surface area contributed by atoms with Gasteiger partial charge in [0.15, 0.2) is 0 Å². The van der Waals surface area contributed by atoms with Gasteiger partial charge in [-0.05, 0) is 37.5 Å². The average molecular weight is 294 g/mol. The quantitative estimate of drug-likeness (QED) is 0.279. The second-order valence-corrected chi connectivity index (χ2v) is 6.49. The molecule has 0 heterocycles. The molecular weight excluding hydrogens is 260 g/mol. The minimum atomic E-state index is -0.0673. The first-order valence-electron chi connectivity index (χ1n) is 8.99. The van der Waals surface area contributed by atoms with Gasteiger partial charge in [-0.1, -0.05) is 64.0 Å². The summed E-state index contributed by atoms with van der Waals surface area (Å²) in [6.45, 7) is 2.31. The van der Waals surface area contributed by atoms with Crippen molar-refractivity contribution in [3.05, 3.63) is 12.2 Å². The number of carbonyl (C=O) groups is 1. The molecule has 0 saturated carbocycles. The van der Waals surface area contributed by atoms with E-state index in [4.69, 9.17) is 0 Å². The molecule has 2 atom stereocenters. The maximum absolute atomic E-state index is 11.0. The van der Waals surface area contributed by atoms with E-state index in [2.05, 4.69) is 23.8 Å². The molecule has 1 aliphatic carbocycles. The smallest absolute Gasteiger partial charge is 0.305 e. The summed E-state index contributed by atoms with van der Waals surface area (Å²) in [5, 5.41) is 0. The molecule has 21 heavy (non-hydrogen) atoms. The normalized spacial score (nSPS) is 21.4. The molecule has 2 heteroatoms. The lowest BCUT2D eigenvalue weighted by molar-refractivity contribution is -0.140. The first-order valence-corrected chi connectivity index (χ1v) is 8.99. The molecule has 2 nitrogen and oxygen atoms in total. The van der Waals surface area contributed by atoms with Gasteiger partial charge in [0.25, 0.3) is 0 Å². The van der Waals surface area contributed by atoms with E-state index in [1.807, 2.05) is 0 Å². The van der Waals surface area contributed by atoms with Crippen LogP contribution in [-0.4, -0.2) is 13.1 Å². The van der Waals surface area contributed by atoms with Crippen LogP contribution in [0, 0.1) is 11.8 Å². The van der Waals surface area contributed by atoms with Gasteiger partial charge in [-0.3, -0.25) is 4.79 Å². The third-order valence-electron chi connectivity index (χ3n) is 4.80. The zero-order valence-electron chi connectivity index (χ0n) is 14.1. The van der Waals surface area contributed by atoms with Gasteiger partial charge in [0.05, 0.1) is 7.11 Å². The number of allylic oxidation sites excluding steroid dienone is 2. The summed E-state index contributed by atoms with van der Waals surface area (Å²) >= 11 is 0. The summed E-state index contributed by atoms with van der Waals surface area (Å²) in [6.07, 6.45) is 19.6. The molecule has 0 fully saturated rings. The van der Waals surface area contributed by atoms with Gasteiger partial charge in [-0.15, -0.1) is 0 Å². The second kappa shape index (κ2) is 11.8. The first kappa shape index (κ1) is 18.3. The van der Waals surface area contributed by atoms with Crippen molar-refractivity contribution in [2.45, 2.75) is 84.0 Å². The Balaban J connectivity index is 1.98. The zero-order chi connectivity index (χ0) is 15.3. The molecule has 0 aromatic carbocycles. The maximum atomic E-state index is 11.0. The summed E-state index contributed by atoms with van der Waals surface area (Å²) in [6, 6.07) is 0. The molecule has 0 aliphatic heterocycles. The topological polar surface area (TPSA) is 26.3 Å². The van der Waals surface area contributed by atoms with Gasteiger partial charge in [-0.25, -0.2) is 0 Å². The van der Waals surface area contributed by atoms with Crippen molar-refractivity contribution < 1.29 is 9.53 Å². The lowest BCUT2D eigenvalue weighted by atomic mass is 9.77. The molecule has 0 aromatic heterocycles. The van der Waals surface area contributed by atoms with Crippen LogP contribution in [0.4, 0.5) is 0 Å². The standard InChI is InChI=1S/C19H34O2/c1-3-12-17-14-10-11-15-18(17)13-8-6-4-5-7-9-16-19(20)21-2/h10-11,17-18H,3-9,12-16H2,1-2H3. The molecule has 0 amide bonds. The van der Waals surface area contributed by atoms with Crippen LogP contribution in [-0.2, 0) is 9.53 Å². The fourth-order valence-electron chi connectivity index (χ4n) is 3.49. The molecule has 0 N–H and O–H groups in total. The van der Waals surface area contributed by atoms with E-state index in [1.54, 1.807) is 0 Å². The number of methoxy groups -OCH3 is 1. The predicted octanol–water partition coefficient (Wildman–Crippen LogP) is 5.66. The highest BCUT2D eigenvalue weighted by atomic mass is 16.5. The Morgan fingerprint density at radius 2 is 1.52 bits per heavy atom. The van der Waals surface area contributed by atoms with Crippen LogP contribution < -0.4 is 0 Å². The number of carbonyl (C=O) groups excluding carboxylic acids is 1. The van der Waals surface area contributed by atoms with Gasteiger partial charge in [0, 0.05) is 6.42 Å². The van der Waals surface area contributed by atoms with Crippen molar-refractivity contribution in [3.8, 4) is 0 Å². The van der Waals surface area contributed by atoms with E-state index in [-0.39, 0.29) is 5.97 Å². The Kier molecular flexibility index (Phi) is 10.3. The minimum absolute atomic E-state index is 0.0673. The van der Waals surface area contributed by atoms with Crippen LogP contribution in [0.25, 0.3) is 0 Å². The highest BCUT2D eigenvalue weighted by Gasteiger charge is 2.20. The van der Waals surface area contributed by atoms with Crippen molar-refractivity contribution >= 4 is 5.97 Å². The van der Waals surface area contributed by atoms with E-state index in [1.165, 1.54) is 71.3 Å². The SMILES string of the molecule is CCCC1CC=CCC1CCCCCCCCC(=O)OC. The molecule has 1 aliphatic rings. The van der Waals surface area contributed by atoms with E-state index in [9.17, 15) is 4.79 Å². The fraction of sp³-hybridized carbons (Fsp3) is 0.842. The second-order valence-electron chi connectivity index (χ2n) is 6.49. The Bertz CT molecular complexity index is 296. The zero-order valence-corrected chi connectivity index (χ0v) is 14.1. The Morgan fingerprint density at radius 3 is 2.14 bits per heavy atom. The van der Waals surface area contributed by atoms with Crippen molar-refractivity contribution in [3.63, 3.8) is 0 Å². The monoisotopic (exact) mass is 294 g/mol. The van der Waals surface area contributed by atoms with Crippen LogP contribution in [0.2, 0.25) is 0 Å². The van der Waals surface area contributed by atoms with Crippen molar-refractivity contribution in [2.75, 3.05) is 7.11 Å². The van der Waals surface area contributed by atoms with E-state index in [0.29, 0.717) is 6.42 Å². The number of unbranched alkanes of at least 4 members (excludes halogenated alkanes) is 5. The summed E-state index contributed by atoms with van der Waals surface area (Å²) in [4.78, 5) is 11.0. The van der Waals surface area contributed by atoms with Gasteiger partial charge >= 0.3 is 5.97 Å². The number of rotatable bonds is 11. The third kappa shape index (κ3) is 8.28. The molecule has 122 valence electrons.